The monoisotopic (exact) mass is 185 g/mol. The lowest BCUT2D eigenvalue weighted by atomic mass is 10.0. The van der Waals surface area contributed by atoms with Crippen molar-refractivity contribution in [1.29, 1.82) is 0 Å². The van der Waals surface area contributed by atoms with E-state index in [1.165, 1.54) is 0 Å². The highest BCUT2D eigenvalue weighted by Gasteiger charge is 2.20. The van der Waals surface area contributed by atoms with Crippen molar-refractivity contribution in [3.63, 3.8) is 0 Å². The third-order valence-corrected chi connectivity index (χ3v) is 2.11. The molecule has 0 spiro atoms. The van der Waals surface area contributed by atoms with Crippen molar-refractivity contribution in [2.45, 2.75) is 6.54 Å². The Morgan fingerprint density at radius 1 is 1.43 bits per heavy atom. The number of aldehydes is 1. The highest BCUT2D eigenvalue weighted by atomic mass is 16.1. The summed E-state index contributed by atoms with van der Waals surface area (Å²) < 4.78 is 0. The van der Waals surface area contributed by atoms with E-state index in [0.717, 1.165) is 11.1 Å². The van der Waals surface area contributed by atoms with Crippen LogP contribution in [0.15, 0.2) is 18.2 Å². The van der Waals surface area contributed by atoms with Crippen LogP contribution >= 0.6 is 0 Å². The van der Waals surface area contributed by atoms with Crippen molar-refractivity contribution < 1.29 is 9.59 Å². The molecule has 1 aromatic carbocycles. The fraction of sp³-hybridized carbons (Fsp3) is 0.0909. The molecule has 1 amide bonds. The lowest BCUT2D eigenvalue weighted by Crippen LogP contribution is -2.12. The molecule has 1 heterocycles. The molecule has 0 saturated heterocycles. The first-order valence-electron chi connectivity index (χ1n) is 4.18. The molecule has 3 heteroatoms. The zero-order valence-corrected chi connectivity index (χ0v) is 7.33. The van der Waals surface area contributed by atoms with Gasteiger partial charge in [0.25, 0.3) is 5.91 Å². The Kier molecular flexibility index (Phi) is 2.04. The van der Waals surface area contributed by atoms with Crippen LogP contribution in [-0.4, -0.2) is 12.2 Å². The van der Waals surface area contributed by atoms with E-state index in [9.17, 15) is 9.59 Å². The third-order valence-electron chi connectivity index (χ3n) is 2.11. The minimum atomic E-state index is -0.0743. The van der Waals surface area contributed by atoms with Gasteiger partial charge in [-0.3, -0.25) is 9.59 Å². The van der Waals surface area contributed by atoms with E-state index in [1.807, 2.05) is 0 Å². The van der Waals surface area contributed by atoms with E-state index in [-0.39, 0.29) is 5.91 Å². The van der Waals surface area contributed by atoms with Crippen LogP contribution < -0.4 is 5.32 Å². The molecule has 0 saturated carbocycles. The van der Waals surface area contributed by atoms with Gasteiger partial charge in [0.05, 0.1) is 0 Å². The van der Waals surface area contributed by atoms with E-state index in [2.05, 4.69) is 17.2 Å². The first-order valence-corrected chi connectivity index (χ1v) is 4.18. The summed E-state index contributed by atoms with van der Waals surface area (Å²) in [7, 11) is 0. The molecule has 2 rings (SSSR count). The largest absolute Gasteiger partial charge is 0.348 e. The van der Waals surface area contributed by atoms with E-state index >= 15 is 0 Å². The first kappa shape index (κ1) is 8.52. The standard InChI is InChI=1S/C11H7NO2/c13-6-2-4-8-3-1-5-9-10(8)7-12-11(9)14/h1,3,5-6H,7H2,(H,12,14). The van der Waals surface area contributed by atoms with Crippen LogP contribution in [0.1, 0.15) is 21.5 Å². The van der Waals surface area contributed by atoms with Crippen LogP contribution in [-0.2, 0) is 11.3 Å². The molecule has 0 fully saturated rings. The highest BCUT2D eigenvalue weighted by molar-refractivity contribution is 5.99. The summed E-state index contributed by atoms with van der Waals surface area (Å²) in [6, 6.07) is 5.32. The van der Waals surface area contributed by atoms with Gasteiger partial charge in [0.1, 0.15) is 0 Å². The van der Waals surface area contributed by atoms with Crippen molar-refractivity contribution in [2.24, 2.45) is 0 Å². The summed E-state index contributed by atoms with van der Waals surface area (Å²) in [5, 5.41) is 2.71. The van der Waals surface area contributed by atoms with Gasteiger partial charge in [-0.2, -0.15) is 0 Å². The fourth-order valence-corrected chi connectivity index (χ4v) is 1.48. The SMILES string of the molecule is O=CC#Cc1cccc2c1CNC2=O. The molecule has 1 N–H and O–H groups in total. The van der Waals surface area contributed by atoms with Crippen LogP contribution in [0.4, 0.5) is 0 Å². The van der Waals surface area contributed by atoms with E-state index < -0.39 is 0 Å². The van der Waals surface area contributed by atoms with Crippen LogP contribution in [0.25, 0.3) is 0 Å². The Balaban J connectivity index is 2.54. The maximum absolute atomic E-state index is 11.3. The first-order chi connectivity index (χ1) is 6.83. The summed E-state index contributed by atoms with van der Waals surface area (Å²) >= 11 is 0. The Bertz CT molecular complexity index is 466. The van der Waals surface area contributed by atoms with Gasteiger partial charge in [0.2, 0.25) is 0 Å². The Morgan fingerprint density at radius 2 is 2.29 bits per heavy atom. The van der Waals surface area contributed by atoms with Crippen LogP contribution in [0.3, 0.4) is 0 Å². The molecular formula is C11H7NO2. The van der Waals surface area contributed by atoms with Crippen LogP contribution in [0.2, 0.25) is 0 Å². The summed E-state index contributed by atoms with van der Waals surface area (Å²) in [6.45, 7) is 0.498. The molecule has 3 nitrogen and oxygen atoms in total. The molecule has 0 aliphatic carbocycles. The third kappa shape index (κ3) is 1.27. The van der Waals surface area contributed by atoms with Crippen molar-refractivity contribution in [3.8, 4) is 11.8 Å². The summed E-state index contributed by atoms with van der Waals surface area (Å²) in [5.74, 6) is 4.97. The predicted molar refractivity (Wildman–Crippen MR) is 50.6 cm³/mol. The minimum absolute atomic E-state index is 0.0743. The van der Waals surface area contributed by atoms with Crippen LogP contribution in [0, 0.1) is 11.8 Å². The number of carbonyl (C=O) groups is 2. The lowest BCUT2D eigenvalue weighted by molar-refractivity contribution is -0.103. The Hall–Kier alpha value is -2.08. The number of nitrogens with one attached hydrogen (secondary N) is 1. The van der Waals surface area contributed by atoms with Crippen molar-refractivity contribution in [3.05, 3.63) is 34.9 Å². The number of carbonyl (C=O) groups excluding carboxylic acids is 2. The van der Waals surface area contributed by atoms with Gasteiger partial charge in [-0.05, 0) is 23.6 Å². The van der Waals surface area contributed by atoms with Gasteiger partial charge >= 0.3 is 0 Å². The fourth-order valence-electron chi connectivity index (χ4n) is 1.48. The summed E-state index contributed by atoms with van der Waals surface area (Å²) in [6.07, 6.45) is 0.545. The smallest absolute Gasteiger partial charge is 0.251 e. The molecule has 0 unspecified atom stereocenters. The average Bonchev–Trinajstić information content (AvgIpc) is 2.58. The second kappa shape index (κ2) is 3.35. The Morgan fingerprint density at radius 3 is 3.07 bits per heavy atom. The number of fused-ring (bicyclic) bond motifs is 1. The number of rotatable bonds is 0. The molecule has 0 bridgehead atoms. The number of hydrogen-bond acceptors (Lipinski definition) is 2. The summed E-state index contributed by atoms with van der Waals surface area (Å²) in [4.78, 5) is 21.3. The maximum Gasteiger partial charge on any atom is 0.251 e. The molecular weight excluding hydrogens is 178 g/mol. The van der Waals surface area contributed by atoms with E-state index in [0.29, 0.717) is 18.4 Å². The number of hydrogen-bond donors (Lipinski definition) is 1. The molecule has 0 aromatic heterocycles. The molecule has 68 valence electrons. The average molecular weight is 185 g/mol. The topological polar surface area (TPSA) is 46.2 Å². The zero-order chi connectivity index (χ0) is 9.97. The molecule has 14 heavy (non-hydrogen) atoms. The quantitative estimate of drug-likeness (QED) is 0.472. The molecule has 1 aliphatic rings. The van der Waals surface area contributed by atoms with E-state index in [4.69, 9.17) is 0 Å². The van der Waals surface area contributed by atoms with Gasteiger partial charge in [0.15, 0.2) is 6.29 Å². The second-order valence-corrected chi connectivity index (χ2v) is 2.90. The van der Waals surface area contributed by atoms with Crippen molar-refractivity contribution in [2.75, 3.05) is 0 Å². The number of amides is 1. The summed E-state index contributed by atoms with van der Waals surface area (Å²) in [5.41, 5.74) is 2.28. The highest BCUT2D eigenvalue weighted by Crippen LogP contribution is 2.18. The Labute approximate surface area is 81.1 Å². The maximum atomic E-state index is 11.3. The second-order valence-electron chi connectivity index (χ2n) is 2.90. The lowest BCUT2D eigenvalue weighted by Gasteiger charge is -1.97. The molecule has 0 radical (unpaired) electrons. The number of benzene rings is 1. The zero-order valence-electron chi connectivity index (χ0n) is 7.33. The van der Waals surface area contributed by atoms with Crippen molar-refractivity contribution >= 4 is 12.2 Å². The van der Waals surface area contributed by atoms with Gasteiger partial charge < -0.3 is 5.32 Å². The predicted octanol–water partition coefficient (Wildman–Crippen LogP) is 0.480. The van der Waals surface area contributed by atoms with E-state index in [1.54, 1.807) is 18.2 Å². The normalized spacial score (nSPS) is 12.4. The van der Waals surface area contributed by atoms with Gasteiger partial charge in [-0.15, -0.1) is 0 Å². The molecule has 0 atom stereocenters. The van der Waals surface area contributed by atoms with Gasteiger partial charge in [-0.1, -0.05) is 12.0 Å². The van der Waals surface area contributed by atoms with Gasteiger partial charge in [-0.25, -0.2) is 0 Å². The minimum Gasteiger partial charge on any atom is -0.348 e. The van der Waals surface area contributed by atoms with Crippen LogP contribution in [0.5, 0.6) is 0 Å². The molecule has 1 aromatic rings. The molecule has 1 aliphatic heterocycles. The van der Waals surface area contributed by atoms with Crippen molar-refractivity contribution in [1.82, 2.24) is 5.32 Å². The van der Waals surface area contributed by atoms with Gasteiger partial charge in [0, 0.05) is 17.7 Å².